The summed E-state index contributed by atoms with van der Waals surface area (Å²) in [6.07, 6.45) is 0.666. The van der Waals surface area contributed by atoms with Gasteiger partial charge < -0.3 is 4.74 Å². The summed E-state index contributed by atoms with van der Waals surface area (Å²) in [6.45, 7) is 4.44. The Morgan fingerprint density at radius 1 is 1.38 bits per heavy atom. The molecule has 6 heteroatoms. The summed E-state index contributed by atoms with van der Waals surface area (Å²) in [4.78, 5) is 0. The van der Waals surface area contributed by atoms with Gasteiger partial charge in [0.25, 0.3) is 10.2 Å². The Balaban J connectivity index is 3.76. The number of hydrogen-bond donors (Lipinski definition) is 2. The molecule has 0 rings (SSSR count). The smallest absolute Gasteiger partial charge is 0.276 e. The molecule has 0 aromatic carbocycles. The molecule has 0 aliphatic carbocycles. The van der Waals surface area contributed by atoms with Crippen LogP contribution in [0, 0.1) is 0 Å². The molecule has 0 saturated carbocycles. The minimum atomic E-state index is -3.33. The molecule has 0 aliphatic heterocycles. The zero-order chi connectivity index (χ0) is 10.3. The lowest BCUT2D eigenvalue weighted by Gasteiger charge is -2.11. The molecule has 0 aromatic heterocycles. The van der Waals surface area contributed by atoms with E-state index in [1.165, 1.54) is 0 Å². The van der Waals surface area contributed by atoms with E-state index in [1.54, 1.807) is 14.0 Å². The van der Waals surface area contributed by atoms with Crippen LogP contribution in [0.3, 0.4) is 0 Å². The highest BCUT2D eigenvalue weighted by Gasteiger charge is 2.09. The first-order valence-electron chi connectivity index (χ1n) is 4.29. The largest absolute Gasteiger partial charge is 0.380 e. The first-order chi connectivity index (χ1) is 6.02. The molecule has 2 N–H and O–H groups in total. The lowest BCUT2D eigenvalue weighted by molar-refractivity contribution is 0.122. The van der Waals surface area contributed by atoms with E-state index in [4.69, 9.17) is 4.74 Å². The zero-order valence-corrected chi connectivity index (χ0v) is 9.15. The third-order valence-corrected chi connectivity index (χ3v) is 2.64. The van der Waals surface area contributed by atoms with Gasteiger partial charge in [-0.2, -0.15) is 13.1 Å². The number of hydrogen-bond acceptors (Lipinski definition) is 3. The first kappa shape index (κ1) is 12.8. The lowest BCUT2D eigenvalue weighted by Crippen LogP contribution is -2.40. The van der Waals surface area contributed by atoms with Crippen LogP contribution in [0.1, 0.15) is 20.3 Å². The summed E-state index contributed by atoms with van der Waals surface area (Å²) >= 11 is 0. The highest BCUT2D eigenvalue weighted by molar-refractivity contribution is 7.87. The molecule has 0 aromatic rings. The maximum absolute atomic E-state index is 11.1. The molecule has 0 fully saturated rings. The van der Waals surface area contributed by atoms with Crippen LogP contribution >= 0.6 is 0 Å². The molecule has 1 atom stereocenters. The van der Waals surface area contributed by atoms with Gasteiger partial charge in [-0.1, -0.05) is 6.92 Å². The van der Waals surface area contributed by atoms with E-state index in [0.29, 0.717) is 6.54 Å². The van der Waals surface area contributed by atoms with Crippen LogP contribution in [0.5, 0.6) is 0 Å². The fourth-order valence-corrected chi connectivity index (χ4v) is 1.63. The van der Waals surface area contributed by atoms with E-state index >= 15 is 0 Å². The number of methoxy groups -OCH3 is 1. The number of ether oxygens (including phenoxy) is 1. The first-order valence-corrected chi connectivity index (χ1v) is 5.77. The predicted octanol–water partition coefficient (Wildman–Crippen LogP) is -0.145. The zero-order valence-electron chi connectivity index (χ0n) is 8.33. The van der Waals surface area contributed by atoms with Crippen molar-refractivity contribution in [3.05, 3.63) is 0 Å². The SMILES string of the molecule is CCCNS(=O)(=O)NCC(C)OC. The van der Waals surface area contributed by atoms with Gasteiger partial charge in [0.1, 0.15) is 0 Å². The van der Waals surface area contributed by atoms with E-state index in [-0.39, 0.29) is 12.6 Å². The van der Waals surface area contributed by atoms with Crippen LogP contribution in [0.4, 0.5) is 0 Å². The van der Waals surface area contributed by atoms with E-state index in [0.717, 1.165) is 6.42 Å². The molecule has 0 spiro atoms. The summed E-state index contributed by atoms with van der Waals surface area (Å²) in [5, 5.41) is 0. The van der Waals surface area contributed by atoms with Crippen LogP contribution < -0.4 is 9.44 Å². The Morgan fingerprint density at radius 2 is 2.00 bits per heavy atom. The van der Waals surface area contributed by atoms with Gasteiger partial charge in [0.05, 0.1) is 6.10 Å². The highest BCUT2D eigenvalue weighted by atomic mass is 32.2. The molecule has 1 unspecified atom stereocenters. The summed E-state index contributed by atoms with van der Waals surface area (Å²) in [5.41, 5.74) is 0. The minimum Gasteiger partial charge on any atom is -0.380 e. The highest BCUT2D eigenvalue weighted by Crippen LogP contribution is 1.86. The average molecular weight is 210 g/mol. The van der Waals surface area contributed by atoms with Crippen LogP contribution in [0.25, 0.3) is 0 Å². The molecule has 80 valence electrons. The second kappa shape index (κ2) is 6.31. The van der Waals surface area contributed by atoms with Crippen molar-refractivity contribution in [1.29, 1.82) is 0 Å². The van der Waals surface area contributed by atoms with Crippen molar-refractivity contribution in [2.24, 2.45) is 0 Å². The maximum atomic E-state index is 11.1. The normalized spacial score (nSPS) is 14.4. The molecular formula is C7H18N2O3S. The standard InChI is InChI=1S/C7H18N2O3S/c1-4-5-8-13(10,11)9-6-7(2)12-3/h7-9H,4-6H2,1-3H3. The van der Waals surface area contributed by atoms with Gasteiger partial charge >= 0.3 is 0 Å². The molecule has 0 heterocycles. The predicted molar refractivity (Wildman–Crippen MR) is 51.7 cm³/mol. The van der Waals surface area contributed by atoms with Crippen molar-refractivity contribution in [1.82, 2.24) is 9.44 Å². The Kier molecular flexibility index (Phi) is 6.23. The monoisotopic (exact) mass is 210 g/mol. The van der Waals surface area contributed by atoms with E-state index in [9.17, 15) is 8.42 Å². The van der Waals surface area contributed by atoms with E-state index in [2.05, 4.69) is 9.44 Å². The van der Waals surface area contributed by atoms with Crippen LogP contribution in [-0.2, 0) is 14.9 Å². The van der Waals surface area contributed by atoms with Crippen LogP contribution in [-0.4, -0.2) is 34.7 Å². The molecule has 5 nitrogen and oxygen atoms in total. The maximum Gasteiger partial charge on any atom is 0.276 e. The molecule has 0 amide bonds. The lowest BCUT2D eigenvalue weighted by atomic mass is 10.4. The quantitative estimate of drug-likeness (QED) is 0.614. The summed E-state index contributed by atoms with van der Waals surface area (Å²) in [5.74, 6) is 0. The summed E-state index contributed by atoms with van der Waals surface area (Å²) in [7, 11) is -1.79. The Hall–Kier alpha value is -0.170. The van der Waals surface area contributed by atoms with Gasteiger partial charge in [-0.05, 0) is 13.3 Å². The Bertz CT molecular complexity index is 216. The summed E-state index contributed by atoms with van der Waals surface area (Å²) < 4.78 is 31.9. The topological polar surface area (TPSA) is 67.4 Å². The van der Waals surface area contributed by atoms with Gasteiger partial charge in [0, 0.05) is 20.2 Å². The van der Waals surface area contributed by atoms with Gasteiger partial charge in [-0.15, -0.1) is 0 Å². The van der Waals surface area contributed by atoms with Crippen molar-refractivity contribution in [2.45, 2.75) is 26.4 Å². The van der Waals surface area contributed by atoms with Gasteiger partial charge in [-0.3, -0.25) is 0 Å². The van der Waals surface area contributed by atoms with E-state index < -0.39 is 10.2 Å². The third kappa shape index (κ3) is 6.94. The number of rotatable bonds is 7. The minimum absolute atomic E-state index is 0.113. The molecule has 13 heavy (non-hydrogen) atoms. The van der Waals surface area contributed by atoms with Crippen LogP contribution in [0.2, 0.25) is 0 Å². The Morgan fingerprint density at radius 3 is 2.46 bits per heavy atom. The second-order valence-corrected chi connectivity index (χ2v) is 4.38. The molecule has 0 saturated heterocycles. The van der Waals surface area contributed by atoms with E-state index in [1.807, 2.05) is 6.92 Å². The molecular weight excluding hydrogens is 192 g/mol. The molecule has 0 bridgehead atoms. The van der Waals surface area contributed by atoms with Gasteiger partial charge in [-0.25, -0.2) is 4.72 Å². The van der Waals surface area contributed by atoms with Crippen molar-refractivity contribution in [3.8, 4) is 0 Å². The fourth-order valence-electron chi connectivity index (χ4n) is 0.598. The van der Waals surface area contributed by atoms with Crippen LogP contribution in [0.15, 0.2) is 0 Å². The molecule has 0 aliphatic rings. The average Bonchev–Trinajstić information content (AvgIpc) is 2.11. The third-order valence-electron chi connectivity index (χ3n) is 1.51. The fraction of sp³-hybridized carbons (Fsp3) is 1.00. The van der Waals surface area contributed by atoms with Gasteiger partial charge in [0.15, 0.2) is 0 Å². The molecule has 0 radical (unpaired) electrons. The van der Waals surface area contributed by atoms with Crippen molar-refractivity contribution < 1.29 is 13.2 Å². The summed E-state index contributed by atoms with van der Waals surface area (Å²) in [6, 6.07) is 0. The van der Waals surface area contributed by atoms with Crippen molar-refractivity contribution in [2.75, 3.05) is 20.2 Å². The van der Waals surface area contributed by atoms with Crippen molar-refractivity contribution in [3.63, 3.8) is 0 Å². The van der Waals surface area contributed by atoms with Crippen molar-refractivity contribution >= 4 is 10.2 Å². The Labute approximate surface area is 80.0 Å². The van der Waals surface area contributed by atoms with Gasteiger partial charge in [0.2, 0.25) is 0 Å². The number of nitrogens with one attached hydrogen (secondary N) is 2. The second-order valence-electron chi connectivity index (χ2n) is 2.79.